The lowest BCUT2D eigenvalue weighted by atomic mass is 9.94. The van der Waals surface area contributed by atoms with Gasteiger partial charge in [-0.15, -0.1) is 0 Å². The molecule has 1 aromatic heterocycles. The number of aliphatic hydroxyl groups excluding tert-OH is 1. The molecule has 5 rings (SSSR count). The number of ketones is 1. The summed E-state index contributed by atoms with van der Waals surface area (Å²) in [7, 11) is 1.47. The summed E-state index contributed by atoms with van der Waals surface area (Å²) in [5.41, 5.74) is 0.928. The molecule has 1 amide bonds. The van der Waals surface area contributed by atoms with Crippen LogP contribution in [0.5, 0.6) is 11.5 Å². The minimum atomic E-state index is -1.07. The number of benzene rings is 3. The largest absolute Gasteiger partial charge is 0.506 e. The van der Waals surface area contributed by atoms with E-state index in [1.54, 1.807) is 60.7 Å². The number of hydrogen-bond acceptors (Lipinski definition) is 6. The highest BCUT2D eigenvalue weighted by Crippen LogP contribution is 2.46. The van der Waals surface area contributed by atoms with Gasteiger partial charge in [0.25, 0.3) is 5.91 Å². The number of amides is 1. The Morgan fingerprint density at radius 3 is 2.53 bits per heavy atom. The molecule has 8 heteroatoms. The molecule has 4 aromatic rings. The Hall–Kier alpha value is -4.04. The van der Waals surface area contributed by atoms with Gasteiger partial charge in [-0.05, 0) is 42.5 Å². The molecule has 1 aliphatic rings. The van der Waals surface area contributed by atoms with Gasteiger partial charge >= 0.3 is 0 Å². The maximum atomic E-state index is 13.7. The number of fused-ring (bicyclic) bond motifs is 1. The molecular formula is C26H18BrNO6. The van der Waals surface area contributed by atoms with E-state index >= 15 is 0 Å². The second kappa shape index (κ2) is 8.39. The van der Waals surface area contributed by atoms with Crippen LogP contribution in [0.2, 0.25) is 0 Å². The van der Waals surface area contributed by atoms with Gasteiger partial charge in [0.1, 0.15) is 17.1 Å². The zero-order valence-electron chi connectivity index (χ0n) is 17.9. The zero-order chi connectivity index (χ0) is 24.0. The Labute approximate surface area is 202 Å². The number of para-hydroxylation sites is 3. The molecule has 1 aliphatic heterocycles. The van der Waals surface area contributed by atoms with Crippen LogP contribution in [0.25, 0.3) is 11.0 Å². The van der Waals surface area contributed by atoms with Crippen LogP contribution in [-0.4, -0.2) is 29.0 Å². The Balaban J connectivity index is 1.71. The van der Waals surface area contributed by atoms with Crippen LogP contribution in [0.15, 0.2) is 93.0 Å². The average Bonchev–Trinajstić information content (AvgIpc) is 3.37. The van der Waals surface area contributed by atoms with Crippen LogP contribution in [0.3, 0.4) is 0 Å². The van der Waals surface area contributed by atoms with Crippen molar-refractivity contribution in [3.63, 3.8) is 0 Å². The molecule has 0 saturated heterocycles. The second-order valence-corrected chi connectivity index (χ2v) is 8.61. The predicted octanol–water partition coefficient (Wildman–Crippen LogP) is 5.69. The lowest BCUT2D eigenvalue weighted by molar-refractivity contribution is -0.117. The number of carbonyl (C=O) groups excluding carboxylic acids is 2. The Morgan fingerprint density at radius 2 is 1.76 bits per heavy atom. The highest BCUT2D eigenvalue weighted by atomic mass is 79.9. The average molecular weight is 520 g/mol. The van der Waals surface area contributed by atoms with E-state index in [2.05, 4.69) is 15.9 Å². The van der Waals surface area contributed by atoms with Crippen molar-refractivity contribution in [2.75, 3.05) is 12.0 Å². The molecule has 0 saturated carbocycles. The van der Waals surface area contributed by atoms with Crippen molar-refractivity contribution < 1.29 is 29.0 Å². The summed E-state index contributed by atoms with van der Waals surface area (Å²) in [5.74, 6) is -1.97. The molecule has 0 bridgehead atoms. The first-order valence-electron chi connectivity index (χ1n) is 10.3. The van der Waals surface area contributed by atoms with Crippen molar-refractivity contribution in [1.82, 2.24) is 0 Å². The number of Topliss-reactive ketones (excluding diaryl/α,β-unsaturated/α-hetero) is 1. The predicted molar refractivity (Wildman–Crippen MR) is 129 cm³/mol. The molecule has 0 fully saturated rings. The van der Waals surface area contributed by atoms with Crippen molar-refractivity contribution in [2.45, 2.75) is 6.04 Å². The molecule has 34 heavy (non-hydrogen) atoms. The Bertz CT molecular complexity index is 1490. The number of hydrogen-bond donors (Lipinski definition) is 2. The smallest absolute Gasteiger partial charge is 0.294 e. The number of rotatable bonds is 5. The molecule has 3 aromatic carbocycles. The van der Waals surface area contributed by atoms with E-state index in [4.69, 9.17) is 9.15 Å². The molecule has 170 valence electrons. The topological polar surface area (TPSA) is 100 Å². The van der Waals surface area contributed by atoms with E-state index in [1.165, 1.54) is 24.1 Å². The summed E-state index contributed by atoms with van der Waals surface area (Å²) >= 11 is 3.39. The quantitative estimate of drug-likeness (QED) is 0.328. The maximum absolute atomic E-state index is 13.7. The number of aliphatic hydroxyl groups is 1. The second-order valence-electron chi connectivity index (χ2n) is 7.69. The lowest BCUT2D eigenvalue weighted by Crippen LogP contribution is -2.31. The third-order valence-corrected chi connectivity index (χ3v) is 6.22. The minimum Gasteiger partial charge on any atom is -0.506 e. The monoisotopic (exact) mass is 519 g/mol. The van der Waals surface area contributed by atoms with Gasteiger partial charge in [-0.25, -0.2) is 0 Å². The fraction of sp³-hybridized carbons (Fsp3) is 0.0769. The third kappa shape index (κ3) is 3.43. The van der Waals surface area contributed by atoms with Crippen LogP contribution in [0.1, 0.15) is 22.2 Å². The van der Waals surface area contributed by atoms with Gasteiger partial charge in [-0.3, -0.25) is 14.5 Å². The highest BCUT2D eigenvalue weighted by molar-refractivity contribution is 9.10. The first-order chi connectivity index (χ1) is 16.4. The molecule has 2 N–H and O–H groups in total. The van der Waals surface area contributed by atoms with Crippen molar-refractivity contribution in [2.24, 2.45) is 0 Å². The van der Waals surface area contributed by atoms with E-state index in [9.17, 15) is 19.8 Å². The van der Waals surface area contributed by atoms with E-state index in [1.807, 2.05) is 0 Å². The summed E-state index contributed by atoms with van der Waals surface area (Å²) < 4.78 is 12.1. The number of aromatic hydroxyl groups is 1. The van der Waals surface area contributed by atoms with Gasteiger partial charge in [0.15, 0.2) is 11.5 Å². The van der Waals surface area contributed by atoms with Crippen LogP contribution in [-0.2, 0) is 4.79 Å². The number of anilines is 1. The lowest BCUT2D eigenvalue weighted by Gasteiger charge is -2.28. The molecule has 7 nitrogen and oxygen atoms in total. The molecule has 0 radical (unpaired) electrons. The highest BCUT2D eigenvalue weighted by Gasteiger charge is 2.47. The van der Waals surface area contributed by atoms with Crippen LogP contribution in [0.4, 0.5) is 5.69 Å². The standard InChI is InChI=1S/C26H18BrNO6/c1-33-20-9-5-2-6-16(20)23-22(24(30)21-13-14-12-15(27)10-11-19(14)34-21)25(31)26(32)28(23)17-7-3-4-8-18(17)29/h2-13,23,29,31H,1H3. The minimum absolute atomic E-state index is 0.0264. The number of nitrogens with zero attached hydrogens (tertiary/aromatic N) is 1. The normalized spacial score (nSPS) is 15.9. The van der Waals surface area contributed by atoms with E-state index in [0.717, 1.165) is 4.47 Å². The number of halogens is 1. The van der Waals surface area contributed by atoms with Gasteiger partial charge in [-0.1, -0.05) is 46.3 Å². The van der Waals surface area contributed by atoms with Gasteiger partial charge in [0, 0.05) is 15.4 Å². The Kier molecular flexibility index (Phi) is 5.37. The summed E-state index contributed by atoms with van der Waals surface area (Å²) in [5, 5.41) is 22.1. The first kappa shape index (κ1) is 21.8. The van der Waals surface area contributed by atoms with Gasteiger partial charge in [0.2, 0.25) is 5.78 Å². The molecule has 1 unspecified atom stereocenters. The fourth-order valence-corrected chi connectivity index (χ4v) is 4.58. The van der Waals surface area contributed by atoms with Gasteiger partial charge < -0.3 is 19.4 Å². The molecular weight excluding hydrogens is 502 g/mol. The van der Waals surface area contributed by atoms with Crippen molar-refractivity contribution in [1.29, 1.82) is 0 Å². The zero-order valence-corrected chi connectivity index (χ0v) is 19.4. The number of phenols is 1. The maximum Gasteiger partial charge on any atom is 0.294 e. The number of carbonyl (C=O) groups is 2. The number of phenolic OH excluding ortho intramolecular Hbond substituents is 1. The molecule has 0 aliphatic carbocycles. The van der Waals surface area contributed by atoms with Gasteiger partial charge in [0.05, 0.1) is 24.4 Å². The van der Waals surface area contributed by atoms with E-state index in [-0.39, 0.29) is 22.8 Å². The van der Waals surface area contributed by atoms with Crippen molar-refractivity contribution in [3.05, 3.63) is 99.9 Å². The summed E-state index contributed by atoms with van der Waals surface area (Å²) in [6.45, 7) is 0. The molecule has 1 atom stereocenters. The van der Waals surface area contributed by atoms with Crippen molar-refractivity contribution >= 4 is 44.3 Å². The number of ether oxygens (including phenoxy) is 1. The summed E-state index contributed by atoms with van der Waals surface area (Å²) in [4.78, 5) is 28.2. The molecule has 0 spiro atoms. The van der Waals surface area contributed by atoms with E-state index < -0.39 is 23.5 Å². The fourth-order valence-electron chi connectivity index (χ4n) is 4.20. The van der Waals surface area contributed by atoms with E-state index in [0.29, 0.717) is 22.3 Å². The number of furan rings is 1. The Morgan fingerprint density at radius 1 is 1.03 bits per heavy atom. The van der Waals surface area contributed by atoms with Crippen LogP contribution >= 0.6 is 15.9 Å². The number of methoxy groups -OCH3 is 1. The van der Waals surface area contributed by atoms with Crippen LogP contribution < -0.4 is 9.64 Å². The first-order valence-corrected chi connectivity index (χ1v) is 11.1. The molecule has 2 heterocycles. The van der Waals surface area contributed by atoms with Gasteiger partial charge in [-0.2, -0.15) is 0 Å². The van der Waals surface area contributed by atoms with Crippen LogP contribution in [0, 0.1) is 0 Å². The summed E-state index contributed by atoms with van der Waals surface area (Å²) in [6.07, 6.45) is 0. The third-order valence-electron chi connectivity index (χ3n) is 5.73. The summed E-state index contributed by atoms with van der Waals surface area (Å²) in [6, 6.07) is 18.9. The van der Waals surface area contributed by atoms with Crippen molar-refractivity contribution in [3.8, 4) is 11.5 Å². The SMILES string of the molecule is COc1ccccc1C1C(C(=O)c2cc3cc(Br)ccc3o2)=C(O)C(=O)N1c1ccccc1O.